The monoisotopic (exact) mass is 368 g/mol. The topological polar surface area (TPSA) is 67.2 Å². The molecule has 1 aromatic heterocycles. The first-order valence-corrected chi connectivity index (χ1v) is 11.3. The van der Waals surface area contributed by atoms with E-state index in [1.165, 1.54) is 44.7 Å². The van der Waals surface area contributed by atoms with Crippen molar-refractivity contribution < 1.29 is 8.42 Å². The Labute approximate surface area is 152 Å². The smallest absolute Gasteiger partial charge is 0.244 e. The van der Waals surface area contributed by atoms with Crippen LogP contribution in [0, 0.1) is 6.92 Å². The minimum atomic E-state index is -3.50. The van der Waals surface area contributed by atoms with E-state index in [2.05, 4.69) is 14.7 Å². The average Bonchev–Trinajstić information content (AvgIpc) is 2.80. The van der Waals surface area contributed by atoms with Crippen molar-refractivity contribution in [1.29, 1.82) is 0 Å². The Hall–Kier alpha value is -0.920. The van der Waals surface area contributed by atoms with Gasteiger partial charge in [0.2, 0.25) is 10.0 Å². The van der Waals surface area contributed by atoms with Gasteiger partial charge in [0.15, 0.2) is 0 Å². The zero-order valence-electron chi connectivity index (χ0n) is 15.6. The molecule has 3 rings (SSSR count). The van der Waals surface area contributed by atoms with Gasteiger partial charge in [0.05, 0.1) is 11.9 Å². The van der Waals surface area contributed by atoms with Crippen LogP contribution in [0.3, 0.4) is 0 Å². The third kappa shape index (κ3) is 4.44. The zero-order valence-corrected chi connectivity index (χ0v) is 16.4. The Balaban J connectivity index is 1.66. The lowest BCUT2D eigenvalue weighted by atomic mass is 10.0. The maximum absolute atomic E-state index is 12.8. The summed E-state index contributed by atoms with van der Waals surface area (Å²) in [4.78, 5) is 2.85. The highest BCUT2D eigenvalue weighted by Gasteiger charge is 2.30. The first-order chi connectivity index (χ1) is 12.0. The molecule has 1 unspecified atom stereocenters. The first-order valence-electron chi connectivity index (χ1n) is 9.80. The van der Waals surface area contributed by atoms with Crippen molar-refractivity contribution in [3.8, 4) is 0 Å². The Morgan fingerprint density at radius 1 is 1.16 bits per heavy atom. The quantitative estimate of drug-likeness (QED) is 0.812. The van der Waals surface area contributed by atoms with E-state index in [-0.39, 0.29) is 6.04 Å². The van der Waals surface area contributed by atoms with Gasteiger partial charge in [0, 0.05) is 25.2 Å². The van der Waals surface area contributed by atoms with Crippen LogP contribution in [-0.4, -0.2) is 48.3 Å². The van der Waals surface area contributed by atoms with E-state index < -0.39 is 10.0 Å². The molecule has 1 atom stereocenters. The van der Waals surface area contributed by atoms with Gasteiger partial charge in [-0.3, -0.25) is 9.58 Å². The van der Waals surface area contributed by atoms with E-state index in [1.54, 1.807) is 4.68 Å². The number of rotatable bonds is 5. The molecule has 142 valence electrons. The SMILES string of the molecule is CCn1ncc(S(=O)(=O)NC2CCCN(C3CCCCCC3)C2)c1C. The van der Waals surface area contributed by atoms with Gasteiger partial charge in [-0.2, -0.15) is 5.10 Å². The van der Waals surface area contributed by atoms with Crippen molar-refractivity contribution in [3.05, 3.63) is 11.9 Å². The summed E-state index contributed by atoms with van der Waals surface area (Å²) < 4.78 is 30.3. The summed E-state index contributed by atoms with van der Waals surface area (Å²) in [7, 11) is -3.50. The number of aryl methyl sites for hydroxylation is 1. The second-order valence-electron chi connectivity index (χ2n) is 7.51. The molecular formula is C18H32N4O2S. The fraction of sp³-hybridized carbons (Fsp3) is 0.833. The van der Waals surface area contributed by atoms with E-state index >= 15 is 0 Å². The molecule has 1 aromatic rings. The summed E-state index contributed by atoms with van der Waals surface area (Å²) in [5.74, 6) is 0. The van der Waals surface area contributed by atoms with E-state index in [0.717, 1.165) is 25.9 Å². The van der Waals surface area contributed by atoms with Gasteiger partial charge in [0.1, 0.15) is 4.90 Å². The Morgan fingerprint density at radius 2 is 1.88 bits per heavy atom. The molecule has 1 N–H and O–H groups in total. The third-order valence-electron chi connectivity index (χ3n) is 5.76. The summed E-state index contributed by atoms with van der Waals surface area (Å²) >= 11 is 0. The second kappa shape index (κ2) is 8.18. The highest BCUT2D eigenvalue weighted by Crippen LogP contribution is 2.25. The molecule has 0 radical (unpaired) electrons. The largest absolute Gasteiger partial charge is 0.299 e. The Kier molecular flexibility index (Phi) is 6.17. The number of nitrogens with zero attached hydrogens (tertiary/aromatic N) is 3. The number of likely N-dealkylation sites (tertiary alicyclic amines) is 1. The third-order valence-corrected chi connectivity index (χ3v) is 7.39. The first kappa shape index (κ1) is 18.9. The van der Waals surface area contributed by atoms with Crippen LogP contribution < -0.4 is 4.72 Å². The van der Waals surface area contributed by atoms with E-state index in [4.69, 9.17) is 0 Å². The normalized spacial score (nSPS) is 24.3. The van der Waals surface area contributed by atoms with Crippen LogP contribution in [0.4, 0.5) is 0 Å². The molecule has 2 fully saturated rings. The van der Waals surface area contributed by atoms with Crippen molar-refractivity contribution in [2.24, 2.45) is 0 Å². The molecule has 0 bridgehead atoms. The molecule has 0 amide bonds. The van der Waals surface area contributed by atoms with Gasteiger partial charge in [-0.1, -0.05) is 25.7 Å². The Bertz CT molecular complexity index is 663. The summed E-state index contributed by atoms with van der Waals surface area (Å²) in [6.45, 7) is 6.42. The number of nitrogens with one attached hydrogen (secondary N) is 1. The molecule has 1 saturated heterocycles. The van der Waals surface area contributed by atoms with Crippen LogP contribution in [0.15, 0.2) is 11.1 Å². The summed E-state index contributed by atoms with van der Waals surface area (Å²) in [6.07, 6.45) is 11.3. The maximum atomic E-state index is 12.8. The number of aromatic nitrogens is 2. The van der Waals surface area contributed by atoms with Crippen molar-refractivity contribution in [2.45, 2.75) is 88.7 Å². The molecule has 1 aliphatic heterocycles. The second-order valence-corrected chi connectivity index (χ2v) is 9.19. The number of sulfonamides is 1. The number of hydrogen-bond acceptors (Lipinski definition) is 4. The molecule has 25 heavy (non-hydrogen) atoms. The van der Waals surface area contributed by atoms with Crippen molar-refractivity contribution in [2.75, 3.05) is 13.1 Å². The molecule has 1 aliphatic carbocycles. The summed E-state index contributed by atoms with van der Waals surface area (Å²) in [6, 6.07) is 0.644. The predicted octanol–water partition coefficient (Wildman–Crippen LogP) is 2.68. The lowest BCUT2D eigenvalue weighted by Crippen LogP contribution is -2.50. The molecule has 0 spiro atoms. The van der Waals surface area contributed by atoms with E-state index in [9.17, 15) is 8.42 Å². The number of piperidine rings is 1. The van der Waals surface area contributed by atoms with Crippen LogP contribution in [0.1, 0.15) is 64.0 Å². The highest BCUT2D eigenvalue weighted by atomic mass is 32.2. The van der Waals surface area contributed by atoms with E-state index in [1.807, 2.05) is 13.8 Å². The maximum Gasteiger partial charge on any atom is 0.244 e. The lowest BCUT2D eigenvalue weighted by Gasteiger charge is -2.38. The zero-order chi connectivity index (χ0) is 17.9. The Morgan fingerprint density at radius 3 is 2.52 bits per heavy atom. The van der Waals surface area contributed by atoms with E-state index in [0.29, 0.717) is 23.2 Å². The predicted molar refractivity (Wildman–Crippen MR) is 99.0 cm³/mol. The molecular weight excluding hydrogens is 336 g/mol. The highest BCUT2D eigenvalue weighted by molar-refractivity contribution is 7.89. The minimum Gasteiger partial charge on any atom is -0.299 e. The number of hydrogen-bond donors (Lipinski definition) is 1. The average molecular weight is 369 g/mol. The fourth-order valence-electron chi connectivity index (χ4n) is 4.35. The van der Waals surface area contributed by atoms with Crippen molar-refractivity contribution in [1.82, 2.24) is 19.4 Å². The molecule has 6 nitrogen and oxygen atoms in total. The van der Waals surface area contributed by atoms with Crippen LogP contribution in [0.2, 0.25) is 0 Å². The summed E-state index contributed by atoms with van der Waals surface area (Å²) in [5.41, 5.74) is 0.714. The molecule has 2 heterocycles. The van der Waals surface area contributed by atoms with Crippen LogP contribution in [-0.2, 0) is 16.6 Å². The van der Waals surface area contributed by atoms with Crippen molar-refractivity contribution >= 4 is 10.0 Å². The van der Waals surface area contributed by atoms with Crippen LogP contribution in [0.25, 0.3) is 0 Å². The van der Waals surface area contributed by atoms with Crippen molar-refractivity contribution in [3.63, 3.8) is 0 Å². The van der Waals surface area contributed by atoms with Gasteiger partial charge in [-0.05, 0) is 46.1 Å². The lowest BCUT2D eigenvalue weighted by molar-refractivity contribution is 0.132. The van der Waals surface area contributed by atoms with Gasteiger partial charge >= 0.3 is 0 Å². The molecule has 7 heteroatoms. The van der Waals surface area contributed by atoms with Gasteiger partial charge in [-0.25, -0.2) is 13.1 Å². The van der Waals surface area contributed by atoms with Crippen LogP contribution in [0.5, 0.6) is 0 Å². The minimum absolute atomic E-state index is 0.00591. The molecule has 2 aliphatic rings. The molecule has 1 saturated carbocycles. The fourth-order valence-corrected chi connectivity index (χ4v) is 5.79. The summed E-state index contributed by atoms with van der Waals surface area (Å²) in [5, 5.41) is 4.18. The van der Waals surface area contributed by atoms with Gasteiger partial charge < -0.3 is 0 Å². The van der Waals surface area contributed by atoms with Gasteiger partial charge in [-0.15, -0.1) is 0 Å². The molecule has 0 aromatic carbocycles. The van der Waals surface area contributed by atoms with Crippen LogP contribution >= 0.6 is 0 Å². The standard InChI is InChI=1S/C18H32N4O2S/c1-3-22-15(2)18(13-19-22)25(23,24)20-16-9-8-12-21(14-16)17-10-6-4-5-7-11-17/h13,16-17,20H,3-12,14H2,1-2H3. The van der Waals surface area contributed by atoms with Gasteiger partial charge in [0.25, 0.3) is 0 Å².